The molecule has 1 aromatic carbocycles. The molecule has 0 unspecified atom stereocenters. The van der Waals surface area contributed by atoms with Crippen molar-refractivity contribution in [3.05, 3.63) is 40.0 Å². The number of rotatable bonds is 4. The molecule has 0 bridgehead atoms. The van der Waals surface area contributed by atoms with Crippen LogP contribution in [0.5, 0.6) is 0 Å². The maximum atomic E-state index is 12.3. The fraction of sp³-hybridized carbons (Fsp3) is 0.167. The summed E-state index contributed by atoms with van der Waals surface area (Å²) in [6, 6.07) is 3.46. The second-order valence-corrected chi connectivity index (χ2v) is 6.44. The fourth-order valence-corrected chi connectivity index (χ4v) is 3.20. The minimum Gasteiger partial charge on any atom is -0.478 e. The zero-order valence-corrected chi connectivity index (χ0v) is 12.7. The summed E-state index contributed by atoms with van der Waals surface area (Å²) in [6.45, 7) is 3.45. The molecular weight excluding hydrogens is 318 g/mol. The minimum atomic E-state index is -4.04. The van der Waals surface area contributed by atoms with E-state index in [0.29, 0.717) is 5.56 Å². The van der Waals surface area contributed by atoms with E-state index in [1.807, 2.05) is 0 Å². The Hall–Kier alpha value is -2.06. The quantitative estimate of drug-likeness (QED) is 0.795. The molecule has 9 heteroatoms. The lowest BCUT2D eigenvalue weighted by molar-refractivity contribution is 0.0696. The van der Waals surface area contributed by atoms with Gasteiger partial charge in [0.15, 0.2) is 5.82 Å². The minimum absolute atomic E-state index is 0.0718. The Bertz CT molecular complexity index is 814. The zero-order valence-electron chi connectivity index (χ0n) is 11.1. The van der Waals surface area contributed by atoms with Crippen LogP contribution < -0.4 is 4.72 Å². The normalized spacial score (nSPS) is 11.4. The molecule has 1 heterocycles. The highest BCUT2D eigenvalue weighted by Gasteiger charge is 2.22. The van der Waals surface area contributed by atoms with Crippen LogP contribution in [0.15, 0.2) is 23.1 Å². The summed E-state index contributed by atoms with van der Waals surface area (Å²) in [5.41, 5.74) is 1.19. The molecule has 2 rings (SSSR count). The number of benzene rings is 1. The molecule has 0 aliphatic rings. The molecule has 7 nitrogen and oxygen atoms in total. The number of carboxylic acids is 1. The van der Waals surface area contributed by atoms with Crippen molar-refractivity contribution in [1.29, 1.82) is 0 Å². The van der Waals surface area contributed by atoms with Crippen LogP contribution in [0.4, 0.5) is 5.82 Å². The monoisotopic (exact) mass is 329 g/mol. The van der Waals surface area contributed by atoms with Crippen molar-refractivity contribution in [2.45, 2.75) is 18.7 Å². The van der Waals surface area contributed by atoms with Gasteiger partial charge in [-0.2, -0.15) is 5.10 Å². The van der Waals surface area contributed by atoms with Crippen LogP contribution in [-0.4, -0.2) is 29.7 Å². The lowest BCUT2D eigenvalue weighted by atomic mass is 10.2. The van der Waals surface area contributed by atoms with Crippen molar-refractivity contribution >= 4 is 33.4 Å². The number of aryl methyl sites for hydroxylation is 1. The first-order chi connectivity index (χ1) is 9.72. The number of anilines is 1. The van der Waals surface area contributed by atoms with E-state index in [0.717, 1.165) is 11.8 Å². The van der Waals surface area contributed by atoms with Crippen LogP contribution in [0.2, 0.25) is 5.02 Å². The summed E-state index contributed by atoms with van der Waals surface area (Å²) in [5.74, 6) is -1.10. The summed E-state index contributed by atoms with van der Waals surface area (Å²) in [7, 11) is -4.04. The molecule has 0 saturated carbocycles. The third kappa shape index (κ3) is 3.01. The number of H-pyrrole nitrogens is 1. The number of aromatic amines is 1. The van der Waals surface area contributed by atoms with Gasteiger partial charge in [0.05, 0.1) is 10.6 Å². The summed E-state index contributed by atoms with van der Waals surface area (Å²) in [4.78, 5) is 10.6. The van der Waals surface area contributed by atoms with E-state index in [1.54, 1.807) is 13.8 Å². The predicted octanol–water partition coefficient (Wildman–Crippen LogP) is 2.18. The number of carboxylic acid groups (broad SMARTS) is 1. The van der Waals surface area contributed by atoms with Crippen LogP contribution in [0.25, 0.3) is 0 Å². The number of halogens is 1. The van der Waals surface area contributed by atoms with Gasteiger partial charge < -0.3 is 5.11 Å². The van der Waals surface area contributed by atoms with Gasteiger partial charge in [-0.3, -0.25) is 9.82 Å². The number of hydrogen-bond acceptors (Lipinski definition) is 4. The molecule has 0 fully saturated rings. The SMILES string of the molecule is Cc1[nH]nc(NS(=O)(=O)c2cc(C(=O)O)ccc2Cl)c1C. The number of sulfonamides is 1. The standard InChI is InChI=1S/C12H12ClN3O4S/c1-6-7(2)14-15-11(6)16-21(19,20)10-5-8(12(17)18)3-4-9(10)13/h3-5H,1-2H3,(H,17,18)(H2,14,15,16). The van der Waals surface area contributed by atoms with Crippen molar-refractivity contribution < 1.29 is 18.3 Å². The largest absolute Gasteiger partial charge is 0.478 e. The number of aromatic carboxylic acids is 1. The van der Waals surface area contributed by atoms with E-state index >= 15 is 0 Å². The van der Waals surface area contributed by atoms with E-state index in [1.165, 1.54) is 12.1 Å². The molecular formula is C12H12ClN3O4S. The number of nitrogens with one attached hydrogen (secondary N) is 2. The number of hydrogen-bond donors (Lipinski definition) is 3. The average Bonchev–Trinajstić information content (AvgIpc) is 2.70. The Labute approximate surface area is 126 Å². The van der Waals surface area contributed by atoms with Gasteiger partial charge in [0.25, 0.3) is 10.0 Å². The summed E-state index contributed by atoms with van der Waals surface area (Å²) >= 11 is 5.86. The fourth-order valence-electron chi connectivity index (χ4n) is 1.61. The first-order valence-corrected chi connectivity index (χ1v) is 7.65. The van der Waals surface area contributed by atoms with Crippen LogP contribution in [0.3, 0.4) is 0 Å². The van der Waals surface area contributed by atoms with Gasteiger partial charge in [-0.15, -0.1) is 0 Å². The Kier molecular flexibility index (Phi) is 3.93. The van der Waals surface area contributed by atoms with Gasteiger partial charge in [-0.1, -0.05) is 11.6 Å². The molecule has 0 spiro atoms. The highest BCUT2D eigenvalue weighted by atomic mass is 35.5. The summed E-state index contributed by atoms with van der Waals surface area (Å²) in [6.07, 6.45) is 0. The van der Waals surface area contributed by atoms with E-state index in [2.05, 4.69) is 14.9 Å². The summed E-state index contributed by atoms with van der Waals surface area (Å²) < 4.78 is 26.9. The van der Waals surface area contributed by atoms with Crippen molar-refractivity contribution in [2.24, 2.45) is 0 Å². The molecule has 0 amide bonds. The third-order valence-electron chi connectivity index (χ3n) is 2.95. The Morgan fingerprint density at radius 2 is 2.05 bits per heavy atom. The molecule has 1 aromatic heterocycles. The lowest BCUT2D eigenvalue weighted by Crippen LogP contribution is -2.15. The molecule has 21 heavy (non-hydrogen) atoms. The van der Waals surface area contributed by atoms with E-state index in [4.69, 9.17) is 16.7 Å². The molecule has 0 aliphatic heterocycles. The number of nitrogens with zero attached hydrogens (tertiary/aromatic N) is 1. The van der Waals surface area contributed by atoms with E-state index in [-0.39, 0.29) is 21.3 Å². The topological polar surface area (TPSA) is 112 Å². The Balaban J connectivity index is 2.47. The van der Waals surface area contributed by atoms with Crippen LogP contribution in [0, 0.1) is 13.8 Å². The van der Waals surface area contributed by atoms with E-state index in [9.17, 15) is 13.2 Å². The Morgan fingerprint density at radius 1 is 1.38 bits per heavy atom. The second kappa shape index (κ2) is 5.38. The lowest BCUT2D eigenvalue weighted by Gasteiger charge is -2.09. The first kappa shape index (κ1) is 15.3. The van der Waals surface area contributed by atoms with Gasteiger partial charge in [0.2, 0.25) is 0 Å². The zero-order chi connectivity index (χ0) is 15.8. The van der Waals surface area contributed by atoms with Gasteiger partial charge in [-0.05, 0) is 32.0 Å². The molecule has 2 aromatic rings. The van der Waals surface area contributed by atoms with Crippen LogP contribution in [-0.2, 0) is 10.0 Å². The van der Waals surface area contributed by atoms with Gasteiger partial charge >= 0.3 is 5.97 Å². The molecule has 3 N–H and O–H groups in total. The molecule has 0 atom stereocenters. The summed E-state index contributed by atoms with van der Waals surface area (Å²) in [5, 5.41) is 15.3. The molecule has 0 radical (unpaired) electrons. The van der Waals surface area contributed by atoms with Crippen LogP contribution in [0.1, 0.15) is 21.6 Å². The molecule has 0 aliphatic carbocycles. The highest BCUT2D eigenvalue weighted by Crippen LogP contribution is 2.26. The molecule has 112 valence electrons. The van der Waals surface area contributed by atoms with Crippen LogP contribution >= 0.6 is 11.6 Å². The van der Waals surface area contributed by atoms with E-state index < -0.39 is 16.0 Å². The van der Waals surface area contributed by atoms with Crippen molar-refractivity contribution in [3.8, 4) is 0 Å². The number of carbonyl (C=O) groups is 1. The second-order valence-electron chi connectivity index (χ2n) is 4.38. The van der Waals surface area contributed by atoms with Crippen molar-refractivity contribution in [3.63, 3.8) is 0 Å². The maximum Gasteiger partial charge on any atom is 0.335 e. The van der Waals surface area contributed by atoms with Gasteiger partial charge in [0, 0.05) is 11.3 Å². The van der Waals surface area contributed by atoms with Gasteiger partial charge in [0.1, 0.15) is 4.90 Å². The predicted molar refractivity (Wildman–Crippen MR) is 77.3 cm³/mol. The average molecular weight is 330 g/mol. The van der Waals surface area contributed by atoms with Gasteiger partial charge in [-0.25, -0.2) is 13.2 Å². The van der Waals surface area contributed by atoms with Crippen molar-refractivity contribution in [2.75, 3.05) is 4.72 Å². The third-order valence-corrected chi connectivity index (χ3v) is 4.77. The first-order valence-electron chi connectivity index (χ1n) is 5.79. The maximum absolute atomic E-state index is 12.3. The highest BCUT2D eigenvalue weighted by molar-refractivity contribution is 7.92. The smallest absolute Gasteiger partial charge is 0.335 e. The number of aromatic nitrogens is 2. The van der Waals surface area contributed by atoms with Crippen molar-refractivity contribution in [1.82, 2.24) is 10.2 Å². The Morgan fingerprint density at radius 3 is 2.57 bits per heavy atom. The molecule has 0 saturated heterocycles.